The van der Waals surface area contributed by atoms with Crippen LogP contribution in [0.15, 0.2) is 78.9 Å². The van der Waals surface area contributed by atoms with E-state index in [4.69, 9.17) is 18.0 Å². The standard InChI is InChI=1S/C24H18ClFN2O2/c1-2-21(29)28(20-15-9-14-19(25)22(20)26)23(18-12-7-4-8-13-18)24(30)27-16-17-10-5-3-6-11-17/h1,3-15,23H,16H2,(H,27,30). The first kappa shape index (κ1) is 21.1. The molecule has 0 saturated carbocycles. The number of carbonyl (C=O) groups excluding carboxylic acids is 2. The van der Waals surface area contributed by atoms with Gasteiger partial charge < -0.3 is 5.32 Å². The minimum atomic E-state index is -1.19. The molecule has 3 aromatic rings. The maximum absolute atomic E-state index is 14.8. The number of carbonyl (C=O) groups is 2. The van der Waals surface area contributed by atoms with Crippen molar-refractivity contribution in [3.8, 4) is 12.3 Å². The fraction of sp³-hybridized carbons (Fsp3) is 0.0833. The lowest BCUT2D eigenvalue weighted by Crippen LogP contribution is -2.43. The van der Waals surface area contributed by atoms with Crippen molar-refractivity contribution in [1.29, 1.82) is 0 Å². The van der Waals surface area contributed by atoms with Gasteiger partial charge in [0.15, 0.2) is 5.82 Å². The Morgan fingerprint density at radius 1 is 1.00 bits per heavy atom. The van der Waals surface area contributed by atoms with Crippen LogP contribution in [-0.4, -0.2) is 11.8 Å². The molecule has 2 amide bonds. The molecule has 0 heterocycles. The lowest BCUT2D eigenvalue weighted by atomic mass is 10.0. The maximum Gasteiger partial charge on any atom is 0.303 e. The number of benzene rings is 3. The van der Waals surface area contributed by atoms with Crippen LogP contribution in [0.5, 0.6) is 0 Å². The van der Waals surface area contributed by atoms with E-state index in [1.54, 1.807) is 30.3 Å². The van der Waals surface area contributed by atoms with E-state index < -0.39 is 23.7 Å². The minimum absolute atomic E-state index is 0.172. The molecule has 0 aliphatic rings. The first-order valence-electron chi connectivity index (χ1n) is 9.13. The van der Waals surface area contributed by atoms with Crippen molar-refractivity contribution in [1.82, 2.24) is 5.32 Å². The molecule has 0 aliphatic heterocycles. The van der Waals surface area contributed by atoms with Gasteiger partial charge in [-0.15, -0.1) is 6.42 Å². The monoisotopic (exact) mass is 420 g/mol. The van der Waals surface area contributed by atoms with Crippen molar-refractivity contribution in [2.45, 2.75) is 12.6 Å². The average molecular weight is 421 g/mol. The third-order valence-electron chi connectivity index (χ3n) is 4.46. The van der Waals surface area contributed by atoms with Gasteiger partial charge in [0.1, 0.15) is 6.04 Å². The molecule has 0 saturated heterocycles. The van der Waals surface area contributed by atoms with Gasteiger partial charge in [0.25, 0.3) is 0 Å². The van der Waals surface area contributed by atoms with Crippen LogP contribution in [0.2, 0.25) is 5.02 Å². The van der Waals surface area contributed by atoms with Crippen molar-refractivity contribution in [3.05, 3.63) is 101 Å². The Morgan fingerprint density at radius 2 is 1.63 bits per heavy atom. The Kier molecular flexibility index (Phi) is 6.84. The number of amides is 2. The van der Waals surface area contributed by atoms with Crippen LogP contribution in [0, 0.1) is 18.2 Å². The molecule has 3 rings (SSSR count). The first-order valence-corrected chi connectivity index (χ1v) is 9.51. The van der Waals surface area contributed by atoms with Crippen molar-refractivity contribution in [2.24, 2.45) is 0 Å². The summed E-state index contributed by atoms with van der Waals surface area (Å²) >= 11 is 5.91. The van der Waals surface area contributed by atoms with E-state index in [0.29, 0.717) is 5.56 Å². The highest BCUT2D eigenvalue weighted by Crippen LogP contribution is 2.32. The lowest BCUT2D eigenvalue weighted by molar-refractivity contribution is -0.125. The first-order chi connectivity index (χ1) is 14.5. The fourth-order valence-electron chi connectivity index (χ4n) is 3.05. The smallest absolute Gasteiger partial charge is 0.303 e. The summed E-state index contributed by atoms with van der Waals surface area (Å²) in [6, 6.07) is 20.9. The Hall–Kier alpha value is -3.62. The van der Waals surface area contributed by atoms with E-state index in [0.717, 1.165) is 10.5 Å². The number of nitrogens with one attached hydrogen (secondary N) is 1. The summed E-state index contributed by atoms with van der Waals surface area (Å²) in [6.45, 7) is 0.235. The molecule has 30 heavy (non-hydrogen) atoms. The predicted octanol–water partition coefficient (Wildman–Crippen LogP) is 4.50. The number of rotatable bonds is 6. The normalized spacial score (nSPS) is 11.2. The molecular formula is C24H18ClFN2O2. The molecule has 3 aromatic carbocycles. The van der Waals surface area contributed by atoms with E-state index in [1.165, 1.54) is 18.2 Å². The third kappa shape index (κ3) is 4.68. The molecule has 0 bridgehead atoms. The predicted molar refractivity (Wildman–Crippen MR) is 115 cm³/mol. The van der Waals surface area contributed by atoms with Gasteiger partial charge in [-0.25, -0.2) is 4.39 Å². The SMILES string of the molecule is C#CC(=O)N(c1cccc(Cl)c1F)C(C(=O)NCc1ccccc1)c1ccccc1. The van der Waals surface area contributed by atoms with Gasteiger partial charge >= 0.3 is 5.91 Å². The molecule has 1 atom stereocenters. The second kappa shape index (κ2) is 9.73. The van der Waals surface area contributed by atoms with Gasteiger partial charge in [0.05, 0.1) is 10.7 Å². The average Bonchev–Trinajstić information content (AvgIpc) is 2.79. The molecule has 0 aromatic heterocycles. The van der Waals surface area contributed by atoms with Crippen LogP contribution in [0.1, 0.15) is 17.2 Å². The lowest BCUT2D eigenvalue weighted by Gasteiger charge is -2.30. The van der Waals surface area contributed by atoms with Gasteiger partial charge in [0, 0.05) is 6.54 Å². The number of anilines is 1. The molecule has 1 unspecified atom stereocenters. The van der Waals surface area contributed by atoms with Crippen molar-refractivity contribution in [2.75, 3.05) is 4.90 Å². The Bertz CT molecular complexity index is 1080. The zero-order valence-electron chi connectivity index (χ0n) is 15.9. The molecule has 0 spiro atoms. The molecule has 150 valence electrons. The van der Waals surface area contributed by atoms with Crippen molar-refractivity contribution < 1.29 is 14.0 Å². The highest BCUT2D eigenvalue weighted by atomic mass is 35.5. The summed E-state index contributed by atoms with van der Waals surface area (Å²) < 4.78 is 14.8. The van der Waals surface area contributed by atoms with Crippen molar-refractivity contribution in [3.63, 3.8) is 0 Å². The number of halogens is 2. The number of hydrogen-bond donors (Lipinski definition) is 1. The Morgan fingerprint density at radius 3 is 2.27 bits per heavy atom. The van der Waals surface area contributed by atoms with Gasteiger partial charge in [0.2, 0.25) is 5.91 Å². The minimum Gasteiger partial charge on any atom is -0.350 e. The fourth-order valence-corrected chi connectivity index (χ4v) is 3.22. The second-order valence-electron chi connectivity index (χ2n) is 6.41. The summed E-state index contributed by atoms with van der Waals surface area (Å²) in [5.74, 6) is -0.215. The van der Waals surface area contributed by atoms with Crippen LogP contribution in [-0.2, 0) is 16.1 Å². The van der Waals surface area contributed by atoms with Crippen LogP contribution in [0.4, 0.5) is 10.1 Å². The summed E-state index contributed by atoms with van der Waals surface area (Å²) in [5.41, 5.74) is 1.18. The van der Waals surface area contributed by atoms with Gasteiger partial charge in [-0.1, -0.05) is 78.3 Å². The summed E-state index contributed by atoms with van der Waals surface area (Å²) in [5, 5.41) is 2.62. The Balaban J connectivity index is 2.04. The largest absolute Gasteiger partial charge is 0.350 e. The van der Waals surface area contributed by atoms with Crippen LogP contribution in [0.25, 0.3) is 0 Å². The molecule has 1 N–H and O–H groups in total. The van der Waals surface area contributed by atoms with Gasteiger partial charge in [-0.3, -0.25) is 14.5 Å². The zero-order valence-corrected chi connectivity index (χ0v) is 16.6. The Labute approximate surface area is 179 Å². The van der Waals surface area contributed by atoms with E-state index in [-0.39, 0.29) is 17.3 Å². The van der Waals surface area contributed by atoms with Crippen LogP contribution >= 0.6 is 11.6 Å². The molecule has 4 nitrogen and oxygen atoms in total. The zero-order chi connectivity index (χ0) is 21.5. The van der Waals surface area contributed by atoms with Gasteiger partial charge in [-0.2, -0.15) is 0 Å². The second-order valence-corrected chi connectivity index (χ2v) is 6.82. The number of terminal acetylenes is 1. The number of nitrogens with zero attached hydrogens (tertiary/aromatic N) is 1. The topological polar surface area (TPSA) is 49.4 Å². The summed E-state index contributed by atoms with van der Waals surface area (Å²) in [6.07, 6.45) is 5.35. The highest BCUT2D eigenvalue weighted by molar-refractivity contribution is 6.31. The molecule has 0 fully saturated rings. The summed E-state index contributed by atoms with van der Waals surface area (Å²) in [7, 11) is 0. The summed E-state index contributed by atoms with van der Waals surface area (Å²) in [4.78, 5) is 26.8. The van der Waals surface area contributed by atoms with Crippen LogP contribution in [0.3, 0.4) is 0 Å². The van der Waals surface area contributed by atoms with Crippen molar-refractivity contribution >= 4 is 29.1 Å². The van der Waals surface area contributed by atoms with E-state index in [9.17, 15) is 14.0 Å². The van der Waals surface area contributed by atoms with E-state index in [1.807, 2.05) is 36.3 Å². The molecule has 0 aliphatic carbocycles. The molecule has 6 heteroatoms. The van der Waals surface area contributed by atoms with Gasteiger partial charge in [-0.05, 0) is 29.2 Å². The van der Waals surface area contributed by atoms with E-state index >= 15 is 0 Å². The maximum atomic E-state index is 14.8. The molecule has 0 radical (unpaired) electrons. The van der Waals surface area contributed by atoms with Crippen LogP contribution < -0.4 is 10.2 Å². The quantitative estimate of drug-likeness (QED) is 0.597. The molecular weight excluding hydrogens is 403 g/mol. The third-order valence-corrected chi connectivity index (χ3v) is 4.76. The number of hydrogen-bond acceptors (Lipinski definition) is 2. The highest BCUT2D eigenvalue weighted by Gasteiger charge is 2.34. The van der Waals surface area contributed by atoms with E-state index in [2.05, 4.69) is 5.32 Å².